The molecule has 8 heteroatoms. The molecule has 6 nitrogen and oxygen atoms in total. The molecule has 0 aromatic carbocycles. The zero-order valence-electron chi connectivity index (χ0n) is 11.4. The quantitative estimate of drug-likeness (QED) is 0.260. The van der Waals surface area contributed by atoms with E-state index >= 15 is 0 Å². The first-order chi connectivity index (χ1) is 8.97. The van der Waals surface area contributed by atoms with Crippen LogP contribution in [0.1, 0.15) is 58.3 Å². The summed E-state index contributed by atoms with van der Waals surface area (Å²) in [4.78, 5) is 33.0. The Balaban J connectivity index is -0.00000162. The van der Waals surface area contributed by atoms with Crippen LogP contribution >= 0.6 is 0 Å². The van der Waals surface area contributed by atoms with Gasteiger partial charge in [-0.1, -0.05) is 32.6 Å². The Hall–Kier alpha value is 0.570. The van der Waals surface area contributed by atoms with Crippen molar-refractivity contribution >= 4 is 77.0 Å². The van der Waals surface area contributed by atoms with Crippen LogP contribution in [-0.2, 0) is 19.1 Å². The zero-order valence-corrected chi connectivity index (χ0v) is 11.4. The number of hydrogen-bond acceptors (Lipinski definition) is 5. The summed E-state index contributed by atoms with van der Waals surface area (Å²) in [6.07, 6.45) is 4.89. The molecule has 1 atom stereocenters. The van der Waals surface area contributed by atoms with Crippen LogP contribution in [0, 0.1) is 0 Å². The van der Waals surface area contributed by atoms with E-state index in [0.717, 1.165) is 25.7 Å². The van der Waals surface area contributed by atoms with Gasteiger partial charge in [-0.15, -0.1) is 0 Å². The van der Waals surface area contributed by atoms with E-state index in [1.165, 1.54) is 0 Å². The summed E-state index contributed by atoms with van der Waals surface area (Å²) >= 11 is 0. The molecule has 0 aromatic rings. The van der Waals surface area contributed by atoms with Crippen LogP contribution in [0.2, 0.25) is 0 Å². The molecular formula is C13H25NNa2O5. The van der Waals surface area contributed by atoms with Gasteiger partial charge in [0, 0.05) is 12.8 Å². The van der Waals surface area contributed by atoms with Crippen molar-refractivity contribution in [2.75, 3.05) is 0 Å². The second-order valence-corrected chi connectivity index (χ2v) is 4.50. The van der Waals surface area contributed by atoms with E-state index in [-0.39, 0.29) is 78.4 Å². The zero-order chi connectivity index (χ0) is 14.7. The molecule has 0 fully saturated rings. The molecule has 0 spiro atoms. The van der Waals surface area contributed by atoms with Crippen molar-refractivity contribution in [3.05, 3.63) is 0 Å². The maximum atomic E-state index is 11.3. The molecule has 0 rings (SSSR count). The van der Waals surface area contributed by atoms with Crippen LogP contribution in [0.5, 0.6) is 0 Å². The predicted molar refractivity (Wildman–Crippen MR) is 83.6 cm³/mol. The van der Waals surface area contributed by atoms with E-state index in [9.17, 15) is 14.4 Å². The van der Waals surface area contributed by atoms with Crippen molar-refractivity contribution in [1.29, 1.82) is 0 Å². The Morgan fingerprint density at radius 2 is 1.62 bits per heavy atom. The number of hydrogen-bond donors (Lipinski definition) is 2. The molecule has 0 saturated carbocycles. The van der Waals surface area contributed by atoms with Gasteiger partial charge in [0.05, 0.1) is 0 Å². The Bertz CT molecular complexity index is 313. The summed E-state index contributed by atoms with van der Waals surface area (Å²) in [5.41, 5.74) is 5.42. The monoisotopic (exact) mass is 321 g/mol. The van der Waals surface area contributed by atoms with Crippen molar-refractivity contribution in [1.82, 2.24) is 0 Å². The summed E-state index contributed by atoms with van der Waals surface area (Å²) in [5.74, 6) is -2.47. The predicted octanol–water partition coefficient (Wildman–Crippen LogP) is 0.312. The third-order valence-electron chi connectivity index (χ3n) is 2.67. The van der Waals surface area contributed by atoms with E-state index in [1.54, 1.807) is 0 Å². The van der Waals surface area contributed by atoms with E-state index in [4.69, 9.17) is 10.8 Å². The molecule has 0 aromatic heterocycles. The maximum absolute atomic E-state index is 11.3. The Morgan fingerprint density at radius 1 is 1.05 bits per heavy atom. The molecular weight excluding hydrogens is 296 g/mol. The number of carboxylic acids is 1. The molecule has 0 saturated heterocycles. The summed E-state index contributed by atoms with van der Waals surface area (Å²) < 4.78 is 4.56. The second kappa shape index (κ2) is 16.9. The number of unbranched alkanes of at least 4 members (excludes halogenated alkanes) is 4. The molecule has 0 aliphatic rings. The number of rotatable bonds is 10. The van der Waals surface area contributed by atoms with E-state index in [2.05, 4.69) is 11.7 Å². The third-order valence-corrected chi connectivity index (χ3v) is 2.67. The van der Waals surface area contributed by atoms with Crippen LogP contribution in [0.3, 0.4) is 0 Å². The Kier molecular flexibility index (Phi) is 21.3. The first kappa shape index (κ1) is 26.5. The van der Waals surface area contributed by atoms with E-state index in [0.29, 0.717) is 6.42 Å². The van der Waals surface area contributed by atoms with Crippen molar-refractivity contribution < 1.29 is 24.2 Å². The molecule has 1 unspecified atom stereocenters. The Labute approximate surface area is 170 Å². The molecule has 114 valence electrons. The van der Waals surface area contributed by atoms with Crippen LogP contribution in [0.4, 0.5) is 0 Å². The fourth-order valence-corrected chi connectivity index (χ4v) is 1.51. The molecule has 3 N–H and O–H groups in total. The molecule has 21 heavy (non-hydrogen) atoms. The van der Waals surface area contributed by atoms with Gasteiger partial charge in [-0.3, -0.25) is 9.59 Å². The molecule has 0 amide bonds. The minimum absolute atomic E-state index is 0. The Morgan fingerprint density at radius 3 is 2.14 bits per heavy atom. The van der Waals surface area contributed by atoms with E-state index in [1.807, 2.05) is 0 Å². The van der Waals surface area contributed by atoms with Gasteiger partial charge < -0.3 is 15.6 Å². The van der Waals surface area contributed by atoms with Crippen LogP contribution in [0.15, 0.2) is 0 Å². The van der Waals surface area contributed by atoms with Gasteiger partial charge in [-0.2, -0.15) is 0 Å². The number of ether oxygens (including phenoxy) is 1. The second-order valence-electron chi connectivity index (χ2n) is 4.50. The fraction of sp³-hybridized carbons (Fsp3) is 0.769. The SMILES string of the molecule is CCCCCCCC(=O)OC(=O)C(N)CCC(=O)O.[NaH].[NaH]. The third kappa shape index (κ3) is 16.8. The molecule has 0 bridgehead atoms. The molecule has 0 heterocycles. The number of aliphatic carboxylic acids is 1. The van der Waals surface area contributed by atoms with E-state index < -0.39 is 23.9 Å². The van der Waals surface area contributed by atoms with Gasteiger partial charge in [0.1, 0.15) is 6.04 Å². The van der Waals surface area contributed by atoms with Gasteiger partial charge in [0.15, 0.2) is 0 Å². The first-order valence-corrected chi connectivity index (χ1v) is 6.69. The fourth-order valence-electron chi connectivity index (χ4n) is 1.51. The number of esters is 2. The van der Waals surface area contributed by atoms with Crippen molar-refractivity contribution in [3.8, 4) is 0 Å². The number of nitrogens with two attached hydrogens (primary N) is 1. The number of carbonyl (C=O) groups excluding carboxylic acids is 2. The summed E-state index contributed by atoms with van der Waals surface area (Å²) in [6.45, 7) is 2.10. The average molecular weight is 321 g/mol. The minimum atomic E-state index is -1.06. The average Bonchev–Trinajstić information content (AvgIpc) is 2.35. The van der Waals surface area contributed by atoms with Crippen molar-refractivity contribution in [3.63, 3.8) is 0 Å². The normalized spacial score (nSPS) is 10.8. The van der Waals surface area contributed by atoms with Crippen molar-refractivity contribution in [2.24, 2.45) is 5.73 Å². The summed E-state index contributed by atoms with van der Waals surface area (Å²) in [7, 11) is 0. The first-order valence-electron chi connectivity index (χ1n) is 6.69. The molecule has 0 aliphatic heterocycles. The standard InChI is InChI=1S/C13H23NO5.2Na.2H/c1-2-3-4-5-6-7-12(17)19-13(18)10(14)8-9-11(15)16;;;;/h10H,2-9,14H2,1H3,(H,15,16);;;;. The molecule has 0 aliphatic carbocycles. The van der Waals surface area contributed by atoms with Gasteiger partial charge in [0.2, 0.25) is 0 Å². The van der Waals surface area contributed by atoms with Crippen LogP contribution in [-0.4, -0.2) is 88.2 Å². The van der Waals surface area contributed by atoms with Crippen LogP contribution in [0.25, 0.3) is 0 Å². The molecule has 0 radical (unpaired) electrons. The number of carbonyl (C=O) groups is 3. The summed E-state index contributed by atoms with van der Waals surface area (Å²) in [5, 5.41) is 8.44. The van der Waals surface area contributed by atoms with Gasteiger partial charge in [0.25, 0.3) is 0 Å². The van der Waals surface area contributed by atoms with Crippen LogP contribution < -0.4 is 5.73 Å². The van der Waals surface area contributed by atoms with Crippen molar-refractivity contribution in [2.45, 2.75) is 64.3 Å². The van der Waals surface area contributed by atoms with Gasteiger partial charge in [-0.05, 0) is 12.8 Å². The summed E-state index contributed by atoms with van der Waals surface area (Å²) in [6, 6.07) is -1.06. The number of carboxylic acid groups (broad SMARTS) is 1. The topological polar surface area (TPSA) is 107 Å². The van der Waals surface area contributed by atoms with Gasteiger partial charge in [-0.25, -0.2) is 4.79 Å². The van der Waals surface area contributed by atoms with Gasteiger partial charge >= 0.3 is 77.0 Å².